The molecule has 31 heavy (non-hydrogen) atoms. The summed E-state index contributed by atoms with van der Waals surface area (Å²) in [6.45, 7) is 5.21. The molecule has 1 aliphatic heterocycles. The Labute approximate surface area is 185 Å². The van der Waals surface area contributed by atoms with E-state index in [0.717, 1.165) is 43.3 Å². The van der Waals surface area contributed by atoms with Crippen molar-refractivity contribution in [2.45, 2.75) is 30.7 Å². The Balaban J connectivity index is 1.67. The third kappa shape index (κ3) is 5.57. The van der Waals surface area contributed by atoms with Crippen molar-refractivity contribution in [1.29, 1.82) is 0 Å². The van der Waals surface area contributed by atoms with Crippen LogP contribution in [0.2, 0.25) is 0 Å². The van der Waals surface area contributed by atoms with E-state index in [0.29, 0.717) is 17.4 Å². The fraction of sp³-hybridized carbons (Fsp3) is 0.435. The maximum Gasteiger partial charge on any atom is 0.242 e. The van der Waals surface area contributed by atoms with Gasteiger partial charge in [-0.3, -0.25) is 0 Å². The van der Waals surface area contributed by atoms with Crippen LogP contribution in [-0.4, -0.2) is 64.4 Å². The van der Waals surface area contributed by atoms with Crippen molar-refractivity contribution in [2.75, 3.05) is 40.8 Å². The highest BCUT2D eigenvalue weighted by atomic mass is 32.2. The number of aliphatic imine (C=N–C) groups is 1. The monoisotopic (exact) mass is 444 g/mol. The Morgan fingerprint density at radius 1 is 1.16 bits per heavy atom. The summed E-state index contributed by atoms with van der Waals surface area (Å²) >= 11 is 0. The summed E-state index contributed by atoms with van der Waals surface area (Å²) in [5, 5.41) is 3.39. The number of ether oxygens (including phenoxy) is 1. The molecule has 1 aliphatic rings. The summed E-state index contributed by atoms with van der Waals surface area (Å²) < 4.78 is 30.9. The second-order valence-electron chi connectivity index (χ2n) is 7.81. The molecule has 0 radical (unpaired) electrons. The predicted molar refractivity (Wildman–Crippen MR) is 124 cm³/mol. The minimum absolute atomic E-state index is 0.291. The standard InChI is InChI=1S/C23H32N4O3S/c1-5-24-23(25-16-18-6-12-22(13-7-18)31(28,29)26(2)3)27-15-14-20(17-27)19-8-10-21(30-4)11-9-19/h6-13,20H,5,14-17H2,1-4H3,(H,24,25). The summed E-state index contributed by atoms with van der Waals surface area (Å²) in [4.78, 5) is 7.39. The van der Waals surface area contributed by atoms with Crippen LogP contribution in [0.1, 0.15) is 30.4 Å². The smallest absolute Gasteiger partial charge is 0.242 e. The maximum atomic E-state index is 12.2. The van der Waals surface area contributed by atoms with Gasteiger partial charge in [-0.15, -0.1) is 0 Å². The van der Waals surface area contributed by atoms with E-state index in [-0.39, 0.29) is 0 Å². The Kier molecular flexibility index (Phi) is 7.56. The lowest BCUT2D eigenvalue weighted by Gasteiger charge is -2.22. The second kappa shape index (κ2) is 10.2. The van der Waals surface area contributed by atoms with Crippen LogP contribution >= 0.6 is 0 Å². The highest BCUT2D eigenvalue weighted by Crippen LogP contribution is 2.28. The molecule has 0 spiro atoms. The number of benzene rings is 2. The van der Waals surface area contributed by atoms with Crippen LogP contribution in [0.25, 0.3) is 0 Å². The SMILES string of the molecule is CCNC(=NCc1ccc(S(=O)(=O)N(C)C)cc1)N1CCC(c2ccc(OC)cc2)C1. The fourth-order valence-electron chi connectivity index (χ4n) is 3.67. The fourth-order valence-corrected chi connectivity index (χ4v) is 4.57. The van der Waals surface area contributed by atoms with Gasteiger partial charge < -0.3 is 15.0 Å². The minimum atomic E-state index is -3.41. The lowest BCUT2D eigenvalue weighted by atomic mass is 9.98. The van der Waals surface area contributed by atoms with E-state index in [1.54, 1.807) is 19.2 Å². The highest BCUT2D eigenvalue weighted by Gasteiger charge is 2.26. The average molecular weight is 445 g/mol. The van der Waals surface area contributed by atoms with Crippen molar-refractivity contribution in [1.82, 2.24) is 14.5 Å². The van der Waals surface area contributed by atoms with Gasteiger partial charge in [0.2, 0.25) is 10.0 Å². The molecule has 0 bridgehead atoms. The highest BCUT2D eigenvalue weighted by molar-refractivity contribution is 7.89. The van der Waals surface area contributed by atoms with Gasteiger partial charge in [0.15, 0.2) is 5.96 Å². The molecule has 1 heterocycles. The van der Waals surface area contributed by atoms with E-state index in [2.05, 4.69) is 29.3 Å². The zero-order valence-electron chi connectivity index (χ0n) is 18.7. The van der Waals surface area contributed by atoms with E-state index < -0.39 is 10.0 Å². The Bertz CT molecular complexity index is 986. The molecule has 8 heteroatoms. The summed E-state index contributed by atoms with van der Waals surface area (Å²) in [7, 11) is 1.33. The zero-order chi connectivity index (χ0) is 22.4. The molecule has 0 amide bonds. The predicted octanol–water partition coefficient (Wildman–Crippen LogP) is 2.90. The molecule has 0 aliphatic carbocycles. The summed E-state index contributed by atoms with van der Waals surface area (Å²) in [5.74, 6) is 2.23. The molecule has 7 nitrogen and oxygen atoms in total. The van der Waals surface area contributed by atoms with Crippen LogP contribution in [0.15, 0.2) is 58.4 Å². The molecule has 2 aromatic carbocycles. The third-order valence-corrected chi connectivity index (χ3v) is 7.35. The molecule has 1 fully saturated rings. The van der Waals surface area contributed by atoms with Crippen LogP contribution in [0.5, 0.6) is 5.75 Å². The van der Waals surface area contributed by atoms with Gasteiger partial charge >= 0.3 is 0 Å². The van der Waals surface area contributed by atoms with Crippen molar-refractivity contribution >= 4 is 16.0 Å². The normalized spacial score (nSPS) is 17.3. The van der Waals surface area contributed by atoms with E-state index in [1.165, 1.54) is 24.0 Å². The van der Waals surface area contributed by atoms with Crippen LogP contribution in [-0.2, 0) is 16.6 Å². The third-order valence-electron chi connectivity index (χ3n) is 5.52. The minimum Gasteiger partial charge on any atom is -0.497 e. The van der Waals surface area contributed by atoms with Crippen molar-refractivity contribution in [3.63, 3.8) is 0 Å². The number of rotatable bonds is 7. The second-order valence-corrected chi connectivity index (χ2v) is 9.96. The first-order valence-corrected chi connectivity index (χ1v) is 12.0. The average Bonchev–Trinajstić information content (AvgIpc) is 3.27. The van der Waals surface area contributed by atoms with Gasteiger partial charge in [-0.2, -0.15) is 0 Å². The number of nitrogens with zero attached hydrogens (tertiary/aromatic N) is 3. The molecular weight excluding hydrogens is 412 g/mol. The van der Waals surface area contributed by atoms with Crippen molar-refractivity contribution < 1.29 is 13.2 Å². The quantitative estimate of drug-likeness (QED) is 0.525. The van der Waals surface area contributed by atoms with Gasteiger partial charge in [0.1, 0.15) is 5.75 Å². The number of hydrogen-bond donors (Lipinski definition) is 1. The summed E-state index contributed by atoms with van der Waals surface area (Å²) in [6, 6.07) is 15.2. The van der Waals surface area contributed by atoms with Gasteiger partial charge in [-0.05, 0) is 48.7 Å². The van der Waals surface area contributed by atoms with Crippen LogP contribution in [0, 0.1) is 0 Å². The van der Waals surface area contributed by atoms with Crippen LogP contribution in [0.4, 0.5) is 0 Å². The number of sulfonamides is 1. The van der Waals surface area contributed by atoms with Crippen molar-refractivity contribution in [2.24, 2.45) is 4.99 Å². The molecule has 0 saturated carbocycles. The Hall–Kier alpha value is -2.58. The number of methoxy groups -OCH3 is 1. The molecule has 2 aromatic rings. The number of likely N-dealkylation sites (tertiary alicyclic amines) is 1. The number of guanidine groups is 1. The Morgan fingerprint density at radius 2 is 1.84 bits per heavy atom. The van der Waals surface area contributed by atoms with Gasteiger partial charge in [0, 0.05) is 39.6 Å². The molecule has 0 aromatic heterocycles. The van der Waals surface area contributed by atoms with Gasteiger partial charge in [0.25, 0.3) is 0 Å². The molecule has 1 atom stereocenters. The van der Waals surface area contributed by atoms with E-state index in [1.807, 2.05) is 24.3 Å². The lowest BCUT2D eigenvalue weighted by molar-refractivity contribution is 0.414. The van der Waals surface area contributed by atoms with E-state index >= 15 is 0 Å². The summed E-state index contributed by atoms with van der Waals surface area (Å²) in [5.41, 5.74) is 2.29. The maximum absolute atomic E-state index is 12.2. The topological polar surface area (TPSA) is 74.2 Å². The largest absolute Gasteiger partial charge is 0.497 e. The number of nitrogens with one attached hydrogen (secondary N) is 1. The van der Waals surface area contributed by atoms with Crippen LogP contribution < -0.4 is 10.1 Å². The van der Waals surface area contributed by atoms with Crippen molar-refractivity contribution in [3.8, 4) is 5.75 Å². The van der Waals surface area contributed by atoms with E-state index in [4.69, 9.17) is 9.73 Å². The zero-order valence-corrected chi connectivity index (χ0v) is 19.5. The molecule has 3 rings (SSSR count). The first-order valence-electron chi connectivity index (χ1n) is 10.5. The molecule has 168 valence electrons. The van der Waals surface area contributed by atoms with Gasteiger partial charge in [-0.25, -0.2) is 17.7 Å². The number of hydrogen-bond acceptors (Lipinski definition) is 4. The van der Waals surface area contributed by atoms with Crippen molar-refractivity contribution in [3.05, 3.63) is 59.7 Å². The Morgan fingerprint density at radius 3 is 2.42 bits per heavy atom. The van der Waals surface area contributed by atoms with Gasteiger partial charge in [0.05, 0.1) is 18.6 Å². The molecule has 1 N–H and O–H groups in total. The van der Waals surface area contributed by atoms with E-state index in [9.17, 15) is 8.42 Å². The van der Waals surface area contributed by atoms with Gasteiger partial charge in [-0.1, -0.05) is 24.3 Å². The molecule has 1 unspecified atom stereocenters. The first kappa shape index (κ1) is 23.1. The first-order chi connectivity index (χ1) is 14.8. The molecular formula is C23H32N4O3S. The summed E-state index contributed by atoms with van der Waals surface area (Å²) in [6.07, 6.45) is 1.08. The lowest BCUT2D eigenvalue weighted by Crippen LogP contribution is -2.40. The molecule has 1 saturated heterocycles. The van der Waals surface area contributed by atoms with Crippen LogP contribution in [0.3, 0.4) is 0 Å².